The van der Waals surface area contributed by atoms with Crippen molar-refractivity contribution in [3.8, 4) is 5.88 Å². The SMILES string of the molecule is Nc1cc(C(=O)OCCOCc2ccccc2)cnc1OCCOCc1ccccc1. The highest BCUT2D eigenvalue weighted by molar-refractivity contribution is 5.90. The molecule has 0 bridgehead atoms. The van der Waals surface area contributed by atoms with Gasteiger partial charge in [-0.25, -0.2) is 9.78 Å². The van der Waals surface area contributed by atoms with Crippen molar-refractivity contribution in [2.24, 2.45) is 0 Å². The molecule has 0 saturated heterocycles. The normalized spacial score (nSPS) is 10.6. The van der Waals surface area contributed by atoms with Crippen LogP contribution in [0.2, 0.25) is 0 Å². The summed E-state index contributed by atoms with van der Waals surface area (Å²) in [4.78, 5) is 16.2. The Morgan fingerprint density at radius 3 is 1.97 bits per heavy atom. The summed E-state index contributed by atoms with van der Waals surface area (Å²) in [6.07, 6.45) is 1.38. The Labute approximate surface area is 181 Å². The molecule has 0 atom stereocenters. The highest BCUT2D eigenvalue weighted by Gasteiger charge is 2.11. The Morgan fingerprint density at radius 1 is 0.806 bits per heavy atom. The number of esters is 1. The molecular weight excluding hydrogens is 396 g/mol. The number of rotatable bonds is 12. The van der Waals surface area contributed by atoms with Crippen molar-refractivity contribution in [3.05, 3.63) is 89.6 Å². The zero-order chi connectivity index (χ0) is 21.7. The van der Waals surface area contributed by atoms with Crippen LogP contribution in [-0.2, 0) is 27.4 Å². The summed E-state index contributed by atoms with van der Waals surface area (Å²) in [5, 5.41) is 0. The Hall–Kier alpha value is -3.42. The lowest BCUT2D eigenvalue weighted by atomic mass is 10.2. The second kappa shape index (κ2) is 12.3. The zero-order valence-corrected chi connectivity index (χ0v) is 17.2. The van der Waals surface area contributed by atoms with Gasteiger partial charge < -0.3 is 24.7 Å². The molecule has 0 aliphatic rings. The third kappa shape index (κ3) is 7.73. The van der Waals surface area contributed by atoms with Gasteiger partial charge >= 0.3 is 5.97 Å². The fraction of sp³-hybridized carbons (Fsp3) is 0.250. The minimum atomic E-state index is -0.514. The van der Waals surface area contributed by atoms with E-state index in [0.717, 1.165) is 11.1 Å². The molecule has 31 heavy (non-hydrogen) atoms. The van der Waals surface area contributed by atoms with Crippen LogP contribution in [-0.4, -0.2) is 37.4 Å². The summed E-state index contributed by atoms with van der Waals surface area (Å²) in [6.45, 7) is 2.10. The van der Waals surface area contributed by atoms with E-state index in [1.807, 2.05) is 60.7 Å². The first-order valence-electron chi connectivity index (χ1n) is 10.0. The van der Waals surface area contributed by atoms with Crippen molar-refractivity contribution in [2.45, 2.75) is 13.2 Å². The lowest BCUT2D eigenvalue weighted by molar-refractivity contribution is 0.0288. The van der Waals surface area contributed by atoms with E-state index >= 15 is 0 Å². The van der Waals surface area contributed by atoms with E-state index in [-0.39, 0.29) is 23.7 Å². The summed E-state index contributed by atoms with van der Waals surface area (Å²) in [5.74, 6) is -0.258. The number of carbonyl (C=O) groups is 1. The summed E-state index contributed by atoms with van der Waals surface area (Å²) >= 11 is 0. The van der Waals surface area contributed by atoms with E-state index in [9.17, 15) is 4.79 Å². The number of anilines is 1. The molecule has 3 rings (SSSR count). The molecule has 0 aliphatic heterocycles. The van der Waals surface area contributed by atoms with Crippen molar-refractivity contribution in [1.29, 1.82) is 0 Å². The fourth-order valence-electron chi connectivity index (χ4n) is 2.70. The molecule has 3 aromatic rings. The monoisotopic (exact) mass is 422 g/mol. The molecule has 2 N–H and O–H groups in total. The summed E-state index contributed by atoms with van der Waals surface area (Å²) in [6, 6.07) is 21.1. The lowest BCUT2D eigenvalue weighted by Gasteiger charge is -2.10. The van der Waals surface area contributed by atoms with Crippen LogP contribution in [0.3, 0.4) is 0 Å². The maximum absolute atomic E-state index is 12.1. The van der Waals surface area contributed by atoms with Crippen LogP contribution < -0.4 is 10.5 Å². The van der Waals surface area contributed by atoms with Crippen molar-refractivity contribution < 1.29 is 23.7 Å². The van der Waals surface area contributed by atoms with Crippen LogP contribution >= 0.6 is 0 Å². The number of carbonyl (C=O) groups excluding carboxylic acids is 1. The predicted molar refractivity (Wildman–Crippen MR) is 117 cm³/mol. The predicted octanol–water partition coefficient (Wildman–Crippen LogP) is 3.63. The van der Waals surface area contributed by atoms with Gasteiger partial charge in [0.25, 0.3) is 0 Å². The molecule has 0 fully saturated rings. The largest absolute Gasteiger partial charge is 0.474 e. The third-order valence-electron chi connectivity index (χ3n) is 4.26. The number of nitrogen functional groups attached to an aromatic ring is 1. The molecule has 0 radical (unpaired) electrons. The first-order valence-corrected chi connectivity index (χ1v) is 10.0. The third-order valence-corrected chi connectivity index (χ3v) is 4.26. The molecule has 162 valence electrons. The van der Waals surface area contributed by atoms with Gasteiger partial charge in [-0.2, -0.15) is 0 Å². The van der Waals surface area contributed by atoms with Gasteiger partial charge in [-0.15, -0.1) is 0 Å². The Kier molecular flexibility index (Phi) is 8.85. The second-order valence-corrected chi connectivity index (χ2v) is 6.68. The molecular formula is C24H26N2O5. The first kappa shape index (κ1) is 22.3. The van der Waals surface area contributed by atoms with Crippen LogP contribution in [0.4, 0.5) is 5.69 Å². The molecule has 0 amide bonds. The summed E-state index contributed by atoms with van der Waals surface area (Å²) < 4.78 is 21.8. The van der Waals surface area contributed by atoms with Gasteiger partial charge in [0, 0.05) is 6.20 Å². The maximum Gasteiger partial charge on any atom is 0.339 e. The maximum atomic E-state index is 12.1. The number of hydrogen-bond donors (Lipinski definition) is 1. The molecule has 0 saturated carbocycles. The Balaban J connectivity index is 1.33. The quantitative estimate of drug-likeness (QED) is 0.352. The topological polar surface area (TPSA) is 92.9 Å². The summed E-state index contributed by atoms with van der Waals surface area (Å²) in [7, 11) is 0. The number of nitrogens with zero attached hydrogens (tertiary/aromatic N) is 1. The van der Waals surface area contributed by atoms with Crippen molar-refractivity contribution in [3.63, 3.8) is 0 Å². The number of aromatic nitrogens is 1. The lowest BCUT2D eigenvalue weighted by Crippen LogP contribution is -2.13. The molecule has 7 heteroatoms. The molecule has 7 nitrogen and oxygen atoms in total. The molecule has 0 aliphatic carbocycles. The Bertz CT molecular complexity index is 935. The minimum Gasteiger partial charge on any atom is -0.474 e. The first-order chi connectivity index (χ1) is 15.2. The average molecular weight is 422 g/mol. The van der Waals surface area contributed by atoms with E-state index < -0.39 is 5.97 Å². The minimum absolute atomic E-state index is 0.141. The molecule has 1 heterocycles. The van der Waals surface area contributed by atoms with E-state index in [1.165, 1.54) is 12.3 Å². The van der Waals surface area contributed by atoms with E-state index in [2.05, 4.69) is 4.98 Å². The van der Waals surface area contributed by atoms with E-state index in [4.69, 9.17) is 24.7 Å². The van der Waals surface area contributed by atoms with Gasteiger partial charge in [-0.3, -0.25) is 0 Å². The number of ether oxygens (including phenoxy) is 4. The number of hydrogen-bond acceptors (Lipinski definition) is 7. The molecule has 0 unspecified atom stereocenters. The molecule has 1 aromatic heterocycles. The Morgan fingerprint density at radius 2 is 1.39 bits per heavy atom. The second-order valence-electron chi connectivity index (χ2n) is 6.68. The van der Waals surface area contributed by atoms with Crippen molar-refractivity contribution in [2.75, 3.05) is 32.2 Å². The van der Waals surface area contributed by atoms with Crippen LogP contribution in [0.1, 0.15) is 21.5 Å². The van der Waals surface area contributed by atoms with E-state index in [1.54, 1.807) is 0 Å². The fourth-order valence-corrected chi connectivity index (χ4v) is 2.70. The van der Waals surface area contributed by atoms with Gasteiger partial charge in [-0.1, -0.05) is 60.7 Å². The van der Waals surface area contributed by atoms with Crippen LogP contribution in [0.25, 0.3) is 0 Å². The van der Waals surface area contributed by atoms with E-state index in [0.29, 0.717) is 33.0 Å². The van der Waals surface area contributed by atoms with Gasteiger partial charge in [-0.05, 0) is 17.2 Å². The molecule has 2 aromatic carbocycles. The van der Waals surface area contributed by atoms with Gasteiger partial charge in [0.2, 0.25) is 5.88 Å². The highest BCUT2D eigenvalue weighted by atomic mass is 16.6. The van der Waals surface area contributed by atoms with Crippen LogP contribution in [0, 0.1) is 0 Å². The molecule has 0 spiro atoms. The van der Waals surface area contributed by atoms with Gasteiger partial charge in [0.15, 0.2) is 0 Å². The number of nitrogens with two attached hydrogens (primary N) is 1. The van der Waals surface area contributed by atoms with Crippen LogP contribution in [0.15, 0.2) is 72.9 Å². The smallest absolute Gasteiger partial charge is 0.339 e. The summed E-state index contributed by atoms with van der Waals surface area (Å²) in [5.41, 5.74) is 8.62. The van der Waals surface area contributed by atoms with Crippen LogP contribution in [0.5, 0.6) is 5.88 Å². The average Bonchev–Trinajstić information content (AvgIpc) is 2.80. The standard InChI is InChI=1S/C24H26N2O5/c25-22-15-21(24(27)31-14-12-29-18-20-9-5-2-6-10-20)16-26-23(22)30-13-11-28-17-19-7-3-1-4-8-19/h1-10,15-16H,11-14,17-18,25H2. The van der Waals surface area contributed by atoms with Gasteiger partial charge in [0.05, 0.1) is 37.7 Å². The zero-order valence-electron chi connectivity index (χ0n) is 17.2. The van der Waals surface area contributed by atoms with Crippen molar-refractivity contribution >= 4 is 11.7 Å². The highest BCUT2D eigenvalue weighted by Crippen LogP contribution is 2.19. The number of benzene rings is 2. The van der Waals surface area contributed by atoms with Crippen molar-refractivity contribution in [1.82, 2.24) is 4.98 Å². The number of pyridine rings is 1. The van der Waals surface area contributed by atoms with Gasteiger partial charge in [0.1, 0.15) is 13.2 Å².